The minimum absolute atomic E-state index is 0.0936. The first kappa shape index (κ1) is 14.5. The maximum absolute atomic E-state index is 11.8. The van der Waals surface area contributed by atoms with Crippen LogP contribution in [0.3, 0.4) is 0 Å². The number of rotatable bonds is 6. The molecule has 0 aliphatic rings. The Morgan fingerprint density at radius 3 is 2.82 bits per heavy atom. The highest BCUT2D eigenvalue weighted by Crippen LogP contribution is 2.22. The molecule has 1 N–H and O–H groups in total. The number of carbonyl (C=O) groups is 1. The van der Waals surface area contributed by atoms with Gasteiger partial charge in [0.2, 0.25) is 5.91 Å². The van der Waals surface area contributed by atoms with E-state index < -0.39 is 0 Å². The van der Waals surface area contributed by atoms with E-state index in [-0.39, 0.29) is 11.7 Å². The van der Waals surface area contributed by atoms with Crippen molar-refractivity contribution in [2.45, 2.75) is 11.7 Å². The van der Waals surface area contributed by atoms with E-state index >= 15 is 0 Å². The Labute approximate surface area is 130 Å². The lowest BCUT2D eigenvalue weighted by Crippen LogP contribution is -2.24. The number of hydrogen-bond acceptors (Lipinski definition) is 6. The van der Waals surface area contributed by atoms with Crippen LogP contribution in [0.25, 0.3) is 11.6 Å². The van der Waals surface area contributed by atoms with Crippen molar-refractivity contribution in [2.24, 2.45) is 7.05 Å². The second-order valence-electron chi connectivity index (χ2n) is 4.49. The van der Waals surface area contributed by atoms with E-state index in [4.69, 9.17) is 8.83 Å². The van der Waals surface area contributed by atoms with Crippen molar-refractivity contribution < 1.29 is 13.6 Å². The molecule has 0 bridgehead atoms. The molecule has 1 amide bonds. The minimum Gasteiger partial charge on any atom is -0.467 e. The van der Waals surface area contributed by atoms with Gasteiger partial charge in [-0.05, 0) is 24.3 Å². The van der Waals surface area contributed by atoms with Crippen molar-refractivity contribution in [1.82, 2.24) is 20.1 Å². The minimum atomic E-state index is -0.0936. The summed E-state index contributed by atoms with van der Waals surface area (Å²) in [4.78, 5) is 11.8. The largest absolute Gasteiger partial charge is 0.467 e. The SMILES string of the molecule is Cn1c(SCC(=O)NCc2ccco2)nnc1-c1ccco1. The molecule has 0 saturated carbocycles. The fraction of sp³-hybridized carbons (Fsp3) is 0.214. The number of amides is 1. The lowest BCUT2D eigenvalue weighted by molar-refractivity contribution is -0.118. The second-order valence-corrected chi connectivity index (χ2v) is 5.43. The topological polar surface area (TPSA) is 86.1 Å². The molecule has 0 spiro atoms. The van der Waals surface area contributed by atoms with E-state index in [1.54, 1.807) is 29.2 Å². The molecule has 22 heavy (non-hydrogen) atoms. The van der Waals surface area contributed by atoms with Crippen molar-refractivity contribution in [3.63, 3.8) is 0 Å². The molecule has 114 valence electrons. The number of hydrogen-bond donors (Lipinski definition) is 1. The summed E-state index contributed by atoms with van der Waals surface area (Å²) < 4.78 is 12.2. The summed E-state index contributed by atoms with van der Waals surface area (Å²) in [5, 5.41) is 11.6. The number of nitrogens with zero attached hydrogens (tertiary/aromatic N) is 3. The first-order chi connectivity index (χ1) is 10.7. The third-order valence-electron chi connectivity index (χ3n) is 2.95. The van der Waals surface area contributed by atoms with Crippen molar-refractivity contribution in [1.29, 1.82) is 0 Å². The third-order valence-corrected chi connectivity index (χ3v) is 3.97. The van der Waals surface area contributed by atoms with Gasteiger partial charge in [0.1, 0.15) is 5.76 Å². The molecular formula is C14H14N4O3S. The summed E-state index contributed by atoms with van der Waals surface area (Å²) in [5.74, 6) is 2.15. The number of carbonyl (C=O) groups excluding carboxylic acids is 1. The van der Waals surface area contributed by atoms with Gasteiger partial charge < -0.3 is 18.7 Å². The molecule has 0 radical (unpaired) electrons. The third kappa shape index (κ3) is 3.22. The highest BCUT2D eigenvalue weighted by Gasteiger charge is 2.14. The fourth-order valence-electron chi connectivity index (χ4n) is 1.84. The fourth-order valence-corrected chi connectivity index (χ4v) is 2.58. The Balaban J connectivity index is 1.54. The first-order valence-corrected chi connectivity index (χ1v) is 7.58. The van der Waals surface area contributed by atoms with Crippen LogP contribution in [0.15, 0.2) is 50.8 Å². The molecule has 3 aromatic rings. The van der Waals surface area contributed by atoms with Gasteiger partial charge in [-0.2, -0.15) is 0 Å². The number of aromatic nitrogens is 3. The molecule has 3 heterocycles. The van der Waals surface area contributed by atoms with Crippen LogP contribution in [0.1, 0.15) is 5.76 Å². The van der Waals surface area contributed by atoms with Crippen LogP contribution in [0.5, 0.6) is 0 Å². The summed E-state index contributed by atoms with van der Waals surface area (Å²) >= 11 is 1.32. The number of furan rings is 2. The number of nitrogens with one attached hydrogen (secondary N) is 1. The van der Waals surface area contributed by atoms with Gasteiger partial charge in [-0.15, -0.1) is 10.2 Å². The number of thioether (sulfide) groups is 1. The van der Waals surface area contributed by atoms with Crippen LogP contribution in [0.2, 0.25) is 0 Å². The van der Waals surface area contributed by atoms with Crippen molar-refractivity contribution in [3.8, 4) is 11.6 Å². The second kappa shape index (κ2) is 6.52. The van der Waals surface area contributed by atoms with E-state index in [9.17, 15) is 4.79 Å². The zero-order chi connectivity index (χ0) is 15.4. The molecule has 0 unspecified atom stereocenters. The van der Waals surface area contributed by atoms with Gasteiger partial charge >= 0.3 is 0 Å². The van der Waals surface area contributed by atoms with Gasteiger partial charge in [-0.25, -0.2) is 0 Å². The van der Waals surface area contributed by atoms with Gasteiger partial charge in [0, 0.05) is 7.05 Å². The maximum atomic E-state index is 11.8. The summed E-state index contributed by atoms with van der Waals surface area (Å²) in [7, 11) is 1.83. The predicted molar refractivity (Wildman–Crippen MR) is 80.0 cm³/mol. The van der Waals surface area contributed by atoms with E-state index in [1.165, 1.54) is 11.8 Å². The first-order valence-electron chi connectivity index (χ1n) is 6.59. The normalized spacial score (nSPS) is 10.8. The molecule has 3 rings (SSSR count). The van der Waals surface area contributed by atoms with Gasteiger partial charge in [-0.3, -0.25) is 4.79 Å². The smallest absolute Gasteiger partial charge is 0.230 e. The molecule has 0 aromatic carbocycles. The van der Waals surface area contributed by atoms with E-state index in [2.05, 4.69) is 15.5 Å². The molecule has 0 aliphatic carbocycles. The van der Waals surface area contributed by atoms with Gasteiger partial charge in [0.15, 0.2) is 16.7 Å². The molecule has 0 aliphatic heterocycles. The summed E-state index contributed by atoms with van der Waals surface area (Å²) in [6, 6.07) is 7.20. The van der Waals surface area contributed by atoms with Gasteiger partial charge in [0.25, 0.3) is 0 Å². The van der Waals surface area contributed by atoms with Crippen molar-refractivity contribution >= 4 is 17.7 Å². The highest BCUT2D eigenvalue weighted by atomic mass is 32.2. The molecule has 8 heteroatoms. The van der Waals surface area contributed by atoms with Crippen LogP contribution < -0.4 is 5.32 Å². The van der Waals surface area contributed by atoms with Crippen LogP contribution in [-0.2, 0) is 18.4 Å². The Hall–Kier alpha value is -2.48. The highest BCUT2D eigenvalue weighted by molar-refractivity contribution is 7.99. The van der Waals surface area contributed by atoms with Crippen molar-refractivity contribution in [3.05, 3.63) is 42.6 Å². The molecule has 0 atom stereocenters. The molecule has 7 nitrogen and oxygen atoms in total. The van der Waals surface area contributed by atoms with Crippen LogP contribution in [0.4, 0.5) is 0 Å². The lowest BCUT2D eigenvalue weighted by Gasteiger charge is -2.03. The molecule has 3 aromatic heterocycles. The zero-order valence-corrected chi connectivity index (χ0v) is 12.7. The average molecular weight is 318 g/mol. The predicted octanol–water partition coefficient (Wildman–Crippen LogP) is 2.08. The Morgan fingerprint density at radius 2 is 2.09 bits per heavy atom. The Kier molecular flexibility index (Phi) is 4.29. The Morgan fingerprint density at radius 1 is 1.27 bits per heavy atom. The van der Waals surface area contributed by atoms with E-state index in [1.807, 2.05) is 19.2 Å². The maximum Gasteiger partial charge on any atom is 0.230 e. The van der Waals surface area contributed by atoms with Crippen LogP contribution in [-0.4, -0.2) is 26.4 Å². The molecular weight excluding hydrogens is 304 g/mol. The zero-order valence-electron chi connectivity index (χ0n) is 11.9. The van der Waals surface area contributed by atoms with E-state index in [0.29, 0.717) is 23.3 Å². The van der Waals surface area contributed by atoms with E-state index in [0.717, 1.165) is 5.76 Å². The summed E-state index contributed by atoms with van der Waals surface area (Å²) in [5.41, 5.74) is 0. The monoisotopic (exact) mass is 318 g/mol. The van der Waals surface area contributed by atoms with Gasteiger partial charge in [-0.1, -0.05) is 11.8 Å². The lowest BCUT2D eigenvalue weighted by atomic mass is 10.4. The summed E-state index contributed by atoms with van der Waals surface area (Å²) in [6.07, 6.45) is 3.16. The molecule has 0 fully saturated rings. The van der Waals surface area contributed by atoms with Crippen molar-refractivity contribution in [2.75, 3.05) is 5.75 Å². The Bertz CT molecular complexity index is 734. The average Bonchev–Trinajstić information content (AvgIpc) is 3.25. The molecule has 0 saturated heterocycles. The van der Waals surface area contributed by atoms with Crippen LogP contribution >= 0.6 is 11.8 Å². The van der Waals surface area contributed by atoms with Crippen LogP contribution in [0, 0.1) is 0 Å². The standard InChI is InChI=1S/C14H14N4O3S/c1-18-13(11-5-3-7-21-11)16-17-14(18)22-9-12(19)15-8-10-4-2-6-20-10/h2-7H,8-9H2,1H3,(H,15,19). The summed E-state index contributed by atoms with van der Waals surface area (Å²) in [6.45, 7) is 0.378. The van der Waals surface area contributed by atoms with Gasteiger partial charge in [0.05, 0.1) is 24.8 Å². The quantitative estimate of drug-likeness (QED) is 0.700.